The van der Waals surface area contributed by atoms with Crippen LogP contribution in [-0.2, 0) is 4.79 Å². The molecule has 0 saturated carbocycles. The Morgan fingerprint density at radius 2 is 1.12 bits per heavy atom. The Morgan fingerprint density at radius 3 is 1.62 bits per heavy atom. The average Bonchev–Trinajstić information content (AvgIpc) is 2.65. The molecule has 0 N–H and O–H groups in total. The Hall–Kier alpha value is -1.08. The first kappa shape index (κ1) is 24.9. The van der Waals surface area contributed by atoms with Crippen LogP contribution in [0.1, 0.15) is 90.4 Å². The predicted molar refractivity (Wildman–Crippen MR) is 118 cm³/mol. The number of alkyl halides is 1. The second kappa shape index (κ2) is 22.0. The second-order valence-corrected chi connectivity index (χ2v) is 7.04. The van der Waals surface area contributed by atoms with E-state index in [0.717, 1.165) is 44.9 Å². The molecule has 0 atom stereocenters. The molecule has 0 aliphatic heterocycles. The summed E-state index contributed by atoms with van der Waals surface area (Å²) in [6, 6.07) is 0. The lowest BCUT2D eigenvalue weighted by atomic mass is 10.1. The van der Waals surface area contributed by atoms with E-state index < -0.39 is 0 Å². The van der Waals surface area contributed by atoms with Gasteiger partial charge in [-0.3, -0.25) is 4.79 Å². The van der Waals surface area contributed by atoms with Gasteiger partial charge in [0.2, 0.25) is 0 Å². The summed E-state index contributed by atoms with van der Waals surface area (Å²) in [5, 5.41) is 0. The maximum Gasteiger partial charge on any atom is 0.132 e. The van der Waals surface area contributed by atoms with Crippen molar-refractivity contribution in [2.24, 2.45) is 0 Å². The Bertz CT molecular complexity index is 418. The topological polar surface area (TPSA) is 17.1 Å². The number of rotatable bonds is 18. The van der Waals surface area contributed by atoms with Crippen LogP contribution in [0.25, 0.3) is 0 Å². The van der Waals surface area contributed by atoms with E-state index in [1.165, 1.54) is 25.7 Å². The standard InChI is InChI=1S/C24H39ClO/c1-2-3-4-5-6-7-8-9-10-11-12-13-14-15-16-17-18-19-21-24(26)22-20-23-25/h6-7,9-10,12-13,15-16H,2-5,8,11,14,17-23H2,1H3/b7-6-,10-9-,13-12-,16-15-. The van der Waals surface area contributed by atoms with E-state index in [2.05, 4.69) is 55.5 Å². The van der Waals surface area contributed by atoms with E-state index in [1.807, 2.05) is 0 Å². The maximum atomic E-state index is 11.5. The summed E-state index contributed by atoms with van der Waals surface area (Å²) in [4.78, 5) is 11.5. The number of halogens is 1. The van der Waals surface area contributed by atoms with E-state index in [1.54, 1.807) is 0 Å². The molecule has 0 radical (unpaired) electrons. The molecule has 0 fully saturated rings. The molecule has 0 aromatic rings. The molecule has 2 heteroatoms. The first-order valence-electron chi connectivity index (χ1n) is 10.5. The lowest BCUT2D eigenvalue weighted by Gasteiger charge is -1.98. The molecule has 0 aromatic carbocycles. The summed E-state index contributed by atoms with van der Waals surface area (Å²) in [7, 11) is 0. The molecule has 0 amide bonds. The molecular formula is C24H39ClO. The minimum absolute atomic E-state index is 0.359. The fraction of sp³-hybridized carbons (Fsp3) is 0.625. The number of carbonyl (C=O) groups is 1. The molecule has 0 unspecified atom stereocenters. The van der Waals surface area contributed by atoms with Gasteiger partial charge in [0.25, 0.3) is 0 Å². The average molecular weight is 379 g/mol. The number of Topliss-reactive ketones (excluding diaryl/α,β-unsaturated/α-hetero) is 1. The van der Waals surface area contributed by atoms with Crippen LogP contribution in [0.4, 0.5) is 0 Å². The van der Waals surface area contributed by atoms with Gasteiger partial charge in [0, 0.05) is 18.7 Å². The molecule has 26 heavy (non-hydrogen) atoms. The van der Waals surface area contributed by atoms with Crippen LogP contribution in [0.3, 0.4) is 0 Å². The quantitative estimate of drug-likeness (QED) is 0.134. The van der Waals surface area contributed by atoms with Gasteiger partial charge in [-0.15, -0.1) is 11.6 Å². The van der Waals surface area contributed by atoms with Crippen LogP contribution >= 0.6 is 11.6 Å². The Balaban J connectivity index is 3.42. The lowest BCUT2D eigenvalue weighted by Crippen LogP contribution is -1.97. The predicted octanol–water partition coefficient (Wildman–Crippen LogP) is 8.11. The molecule has 0 spiro atoms. The first-order valence-corrected chi connectivity index (χ1v) is 11.0. The minimum Gasteiger partial charge on any atom is -0.300 e. The fourth-order valence-corrected chi connectivity index (χ4v) is 2.67. The van der Waals surface area contributed by atoms with Crippen molar-refractivity contribution in [1.29, 1.82) is 0 Å². The largest absolute Gasteiger partial charge is 0.300 e. The second-order valence-electron chi connectivity index (χ2n) is 6.67. The van der Waals surface area contributed by atoms with Gasteiger partial charge in [0.1, 0.15) is 5.78 Å². The SMILES string of the molecule is CCCCC/C=C\C/C=C\C/C=C\C/C=C\CCCCC(=O)CCCCl. The van der Waals surface area contributed by atoms with Crippen molar-refractivity contribution >= 4 is 17.4 Å². The number of unbranched alkanes of at least 4 members (excludes halogenated alkanes) is 5. The number of carbonyl (C=O) groups excluding carboxylic acids is 1. The molecule has 0 saturated heterocycles. The fourth-order valence-electron chi connectivity index (χ4n) is 2.53. The zero-order chi connectivity index (χ0) is 19.1. The van der Waals surface area contributed by atoms with Gasteiger partial charge in [-0.05, 0) is 57.8 Å². The number of allylic oxidation sites excluding steroid dienone is 8. The summed E-state index contributed by atoms with van der Waals surface area (Å²) >= 11 is 5.58. The van der Waals surface area contributed by atoms with E-state index >= 15 is 0 Å². The molecule has 0 heterocycles. The highest BCUT2D eigenvalue weighted by molar-refractivity contribution is 6.17. The van der Waals surface area contributed by atoms with Crippen LogP contribution in [0.15, 0.2) is 48.6 Å². The van der Waals surface area contributed by atoms with Crippen molar-refractivity contribution < 1.29 is 4.79 Å². The maximum absolute atomic E-state index is 11.5. The number of hydrogen-bond donors (Lipinski definition) is 0. The zero-order valence-electron chi connectivity index (χ0n) is 16.8. The van der Waals surface area contributed by atoms with Crippen molar-refractivity contribution in [3.05, 3.63) is 48.6 Å². The number of hydrogen-bond acceptors (Lipinski definition) is 1. The highest BCUT2D eigenvalue weighted by Gasteiger charge is 1.99. The summed E-state index contributed by atoms with van der Waals surface area (Å²) in [6.07, 6.45) is 31.5. The van der Waals surface area contributed by atoms with Crippen LogP contribution in [0, 0.1) is 0 Å². The summed E-state index contributed by atoms with van der Waals surface area (Å²) in [6.45, 7) is 2.24. The summed E-state index contributed by atoms with van der Waals surface area (Å²) < 4.78 is 0. The van der Waals surface area contributed by atoms with Gasteiger partial charge in [-0.25, -0.2) is 0 Å². The highest BCUT2D eigenvalue weighted by Crippen LogP contribution is 2.06. The molecule has 0 bridgehead atoms. The Labute approximate surface area is 167 Å². The van der Waals surface area contributed by atoms with Crippen molar-refractivity contribution in [2.45, 2.75) is 90.4 Å². The van der Waals surface area contributed by atoms with Gasteiger partial charge >= 0.3 is 0 Å². The molecule has 148 valence electrons. The number of ketones is 1. The van der Waals surface area contributed by atoms with Gasteiger partial charge in [0.05, 0.1) is 0 Å². The smallest absolute Gasteiger partial charge is 0.132 e. The Kier molecular flexibility index (Phi) is 21.0. The molecule has 0 aliphatic carbocycles. The lowest BCUT2D eigenvalue weighted by molar-refractivity contribution is -0.119. The van der Waals surface area contributed by atoms with Gasteiger partial charge in [-0.2, -0.15) is 0 Å². The van der Waals surface area contributed by atoms with Crippen molar-refractivity contribution in [3.8, 4) is 0 Å². The summed E-state index contributed by atoms with van der Waals surface area (Å²) in [5.41, 5.74) is 0. The van der Waals surface area contributed by atoms with Crippen molar-refractivity contribution in [2.75, 3.05) is 5.88 Å². The van der Waals surface area contributed by atoms with Gasteiger partial charge < -0.3 is 0 Å². The van der Waals surface area contributed by atoms with E-state index in [0.29, 0.717) is 24.5 Å². The highest BCUT2D eigenvalue weighted by atomic mass is 35.5. The normalized spacial score (nSPS) is 12.4. The van der Waals surface area contributed by atoms with E-state index in [9.17, 15) is 4.79 Å². The zero-order valence-corrected chi connectivity index (χ0v) is 17.6. The monoisotopic (exact) mass is 378 g/mol. The first-order chi connectivity index (χ1) is 12.8. The van der Waals surface area contributed by atoms with Gasteiger partial charge in [-0.1, -0.05) is 68.4 Å². The third kappa shape index (κ3) is 21.0. The van der Waals surface area contributed by atoms with Crippen molar-refractivity contribution in [1.82, 2.24) is 0 Å². The molecule has 0 aliphatic rings. The minimum atomic E-state index is 0.359. The molecular weight excluding hydrogens is 340 g/mol. The van der Waals surface area contributed by atoms with Crippen LogP contribution in [-0.4, -0.2) is 11.7 Å². The van der Waals surface area contributed by atoms with E-state index in [4.69, 9.17) is 11.6 Å². The van der Waals surface area contributed by atoms with Crippen LogP contribution in [0.5, 0.6) is 0 Å². The summed E-state index contributed by atoms with van der Waals surface area (Å²) in [5.74, 6) is 0.950. The molecule has 1 nitrogen and oxygen atoms in total. The van der Waals surface area contributed by atoms with Crippen molar-refractivity contribution in [3.63, 3.8) is 0 Å². The van der Waals surface area contributed by atoms with E-state index in [-0.39, 0.29) is 0 Å². The third-order valence-corrected chi connectivity index (χ3v) is 4.39. The van der Waals surface area contributed by atoms with Crippen LogP contribution < -0.4 is 0 Å². The third-order valence-electron chi connectivity index (χ3n) is 4.12. The molecule has 0 rings (SSSR count). The Morgan fingerprint density at radius 1 is 0.654 bits per heavy atom. The van der Waals surface area contributed by atoms with Gasteiger partial charge in [0.15, 0.2) is 0 Å². The van der Waals surface area contributed by atoms with Crippen LogP contribution in [0.2, 0.25) is 0 Å². The molecule has 0 aromatic heterocycles.